The highest BCUT2D eigenvalue weighted by molar-refractivity contribution is 7.91. The van der Waals surface area contributed by atoms with Crippen LogP contribution in [0.1, 0.15) is 32.3 Å². The molecule has 0 fully saturated rings. The van der Waals surface area contributed by atoms with Gasteiger partial charge in [0, 0.05) is 24.6 Å². The Morgan fingerprint density at radius 3 is 2.63 bits per heavy atom. The topological polar surface area (TPSA) is 83.6 Å². The zero-order valence-electron chi connectivity index (χ0n) is 16.6. The van der Waals surface area contributed by atoms with Gasteiger partial charge in [0.1, 0.15) is 5.82 Å². The van der Waals surface area contributed by atoms with Crippen molar-refractivity contribution in [1.82, 2.24) is 0 Å². The van der Waals surface area contributed by atoms with Crippen molar-refractivity contribution in [3.63, 3.8) is 0 Å². The van der Waals surface area contributed by atoms with E-state index in [0.717, 1.165) is 23.4 Å². The van der Waals surface area contributed by atoms with E-state index in [9.17, 15) is 22.4 Å². The van der Waals surface area contributed by atoms with Crippen molar-refractivity contribution < 1.29 is 22.4 Å². The van der Waals surface area contributed by atoms with Gasteiger partial charge in [-0.05, 0) is 55.3 Å². The van der Waals surface area contributed by atoms with E-state index in [1.54, 1.807) is 24.0 Å². The van der Waals surface area contributed by atoms with Gasteiger partial charge in [-0.2, -0.15) is 0 Å². The zero-order valence-corrected chi connectivity index (χ0v) is 18.2. The molecule has 0 bridgehead atoms. The van der Waals surface area contributed by atoms with Gasteiger partial charge in [0.05, 0.1) is 21.4 Å². The van der Waals surface area contributed by atoms with Gasteiger partial charge < -0.3 is 10.2 Å². The number of hydrogen-bond acceptors (Lipinski definition) is 4. The molecular weight excluding hydrogens is 431 g/mol. The molecule has 1 N–H and O–H groups in total. The van der Waals surface area contributed by atoms with Gasteiger partial charge >= 0.3 is 0 Å². The number of amides is 2. The summed E-state index contributed by atoms with van der Waals surface area (Å²) < 4.78 is 38.5. The molecule has 0 aromatic heterocycles. The number of anilines is 2. The van der Waals surface area contributed by atoms with Gasteiger partial charge in [-0.25, -0.2) is 12.8 Å². The number of sulfone groups is 1. The predicted octanol–water partition coefficient (Wildman–Crippen LogP) is 3.97. The molecule has 2 amide bonds. The number of nitrogens with one attached hydrogen (secondary N) is 1. The summed E-state index contributed by atoms with van der Waals surface area (Å²) in [5.74, 6) is -1.47. The lowest BCUT2D eigenvalue weighted by Crippen LogP contribution is -2.35. The largest absolute Gasteiger partial charge is 0.325 e. The number of carbonyl (C=O) groups excluding carboxylic acids is 2. The third-order valence-electron chi connectivity index (χ3n) is 5.00. The van der Waals surface area contributed by atoms with Crippen molar-refractivity contribution in [3.05, 3.63) is 52.8 Å². The first-order valence-corrected chi connectivity index (χ1v) is 11.6. The lowest BCUT2D eigenvalue weighted by Gasteiger charge is -2.22. The number of halogens is 2. The normalized spacial score (nSPS) is 15.7. The van der Waals surface area contributed by atoms with Crippen LogP contribution >= 0.6 is 11.6 Å². The number of carbonyl (C=O) groups is 2. The van der Waals surface area contributed by atoms with E-state index in [4.69, 9.17) is 11.6 Å². The highest BCUT2D eigenvalue weighted by atomic mass is 35.5. The van der Waals surface area contributed by atoms with E-state index in [1.807, 2.05) is 6.92 Å². The molecule has 2 aromatic rings. The fraction of sp³-hybridized carbons (Fsp3) is 0.333. The Bertz CT molecular complexity index is 1100. The lowest BCUT2D eigenvalue weighted by molar-refractivity contribution is -0.118. The molecule has 2 aromatic carbocycles. The Balaban J connectivity index is 1.70. The molecule has 3 rings (SSSR count). The van der Waals surface area contributed by atoms with E-state index in [0.29, 0.717) is 12.8 Å². The van der Waals surface area contributed by atoms with E-state index in [1.165, 1.54) is 12.1 Å². The summed E-state index contributed by atoms with van der Waals surface area (Å²) >= 11 is 5.87. The first-order valence-electron chi connectivity index (χ1n) is 9.55. The van der Waals surface area contributed by atoms with Gasteiger partial charge in [-0.1, -0.05) is 18.5 Å². The molecular formula is C21H22ClFN2O4S. The van der Waals surface area contributed by atoms with Crippen molar-refractivity contribution in [2.75, 3.05) is 16.0 Å². The molecule has 0 saturated carbocycles. The van der Waals surface area contributed by atoms with E-state index < -0.39 is 21.6 Å². The van der Waals surface area contributed by atoms with Crippen LogP contribution in [0.3, 0.4) is 0 Å². The third-order valence-corrected chi connectivity index (χ3v) is 7.03. The van der Waals surface area contributed by atoms with E-state index in [-0.39, 0.29) is 39.7 Å². The Labute approximate surface area is 179 Å². The van der Waals surface area contributed by atoms with Crippen LogP contribution in [0.2, 0.25) is 5.02 Å². The van der Waals surface area contributed by atoms with E-state index in [2.05, 4.69) is 5.32 Å². The Kier molecular flexibility index (Phi) is 6.47. The van der Waals surface area contributed by atoms with Crippen LogP contribution in [0.15, 0.2) is 41.3 Å². The van der Waals surface area contributed by atoms with Crippen molar-refractivity contribution >= 4 is 44.6 Å². The zero-order chi connectivity index (χ0) is 22.1. The summed E-state index contributed by atoms with van der Waals surface area (Å²) in [5, 5.41) is 2.52. The molecule has 1 aliphatic rings. The fourth-order valence-corrected chi connectivity index (χ4v) is 5.00. The van der Waals surface area contributed by atoms with Crippen molar-refractivity contribution in [3.8, 4) is 0 Å². The first kappa shape index (κ1) is 22.2. The summed E-state index contributed by atoms with van der Waals surface area (Å²) in [7, 11) is -3.70. The Morgan fingerprint density at radius 1 is 1.23 bits per heavy atom. The lowest BCUT2D eigenvalue weighted by atomic mass is 10.1. The van der Waals surface area contributed by atoms with Gasteiger partial charge in [-0.3, -0.25) is 9.59 Å². The average Bonchev–Trinajstić information content (AvgIpc) is 3.03. The highest BCUT2D eigenvalue weighted by Crippen LogP contribution is 2.34. The molecule has 1 aliphatic heterocycles. The summed E-state index contributed by atoms with van der Waals surface area (Å²) in [5.41, 5.74) is 1.75. The van der Waals surface area contributed by atoms with Crippen LogP contribution in [-0.2, 0) is 25.8 Å². The fourth-order valence-electron chi connectivity index (χ4n) is 3.50. The van der Waals surface area contributed by atoms with Crippen molar-refractivity contribution in [1.29, 1.82) is 0 Å². The molecule has 0 radical (unpaired) electrons. The number of fused-ring (bicyclic) bond motifs is 1. The number of hydrogen-bond donors (Lipinski definition) is 1. The van der Waals surface area contributed by atoms with Crippen LogP contribution in [-0.4, -0.2) is 32.0 Å². The van der Waals surface area contributed by atoms with Gasteiger partial charge in [0.15, 0.2) is 9.84 Å². The molecule has 0 saturated heterocycles. The van der Waals surface area contributed by atoms with Crippen molar-refractivity contribution in [2.45, 2.75) is 44.0 Å². The minimum Gasteiger partial charge on any atom is -0.325 e. The highest BCUT2D eigenvalue weighted by Gasteiger charge is 2.31. The van der Waals surface area contributed by atoms with Crippen LogP contribution in [0.25, 0.3) is 0 Å². The number of rotatable bonds is 6. The van der Waals surface area contributed by atoms with Gasteiger partial charge in [-0.15, -0.1) is 0 Å². The maximum atomic E-state index is 13.1. The molecule has 9 heteroatoms. The number of benzene rings is 2. The smallest absolute Gasteiger partial charge is 0.226 e. The predicted molar refractivity (Wildman–Crippen MR) is 114 cm³/mol. The molecule has 1 heterocycles. The standard InChI is InChI=1S/C21H22ClFN2O4S/c1-3-21(27)25-13(2)10-14-11-16(5-7-19(14)25)30(28,29)9-8-20(26)24-18-6-4-15(23)12-17(18)22/h4-7,11-13H,3,8-10H2,1-2H3,(H,24,26)/t13-/m0/s1. The molecule has 1 atom stereocenters. The quantitative estimate of drug-likeness (QED) is 0.718. The molecule has 160 valence electrons. The Hall–Kier alpha value is -2.45. The average molecular weight is 453 g/mol. The number of nitrogens with zero attached hydrogens (tertiary/aromatic N) is 1. The second-order valence-electron chi connectivity index (χ2n) is 7.20. The van der Waals surface area contributed by atoms with Crippen molar-refractivity contribution in [2.24, 2.45) is 0 Å². The second kappa shape index (κ2) is 8.73. The second-order valence-corrected chi connectivity index (χ2v) is 9.72. The maximum Gasteiger partial charge on any atom is 0.226 e. The van der Waals surface area contributed by atoms with Crippen LogP contribution in [0.5, 0.6) is 0 Å². The molecule has 0 unspecified atom stereocenters. The molecule has 6 nitrogen and oxygen atoms in total. The van der Waals surface area contributed by atoms with Gasteiger partial charge in [0.25, 0.3) is 0 Å². The third kappa shape index (κ3) is 4.65. The summed E-state index contributed by atoms with van der Waals surface area (Å²) in [6.45, 7) is 3.71. The summed E-state index contributed by atoms with van der Waals surface area (Å²) in [6.07, 6.45) is 0.676. The molecule has 0 spiro atoms. The van der Waals surface area contributed by atoms with E-state index >= 15 is 0 Å². The minimum atomic E-state index is -3.70. The summed E-state index contributed by atoms with van der Waals surface area (Å²) in [4.78, 5) is 26.1. The minimum absolute atomic E-state index is 0.00650. The SMILES string of the molecule is CCC(=O)N1c2ccc(S(=O)(=O)CCC(=O)Nc3ccc(F)cc3Cl)cc2C[C@@H]1C. The van der Waals surface area contributed by atoms with Crippen LogP contribution < -0.4 is 10.2 Å². The van der Waals surface area contributed by atoms with Crippen LogP contribution in [0, 0.1) is 5.82 Å². The Morgan fingerprint density at radius 2 is 1.97 bits per heavy atom. The molecule has 30 heavy (non-hydrogen) atoms. The monoisotopic (exact) mass is 452 g/mol. The summed E-state index contributed by atoms with van der Waals surface area (Å²) in [6, 6.07) is 8.20. The maximum absolute atomic E-state index is 13.1. The first-order chi connectivity index (χ1) is 14.1. The van der Waals surface area contributed by atoms with Gasteiger partial charge in [0.2, 0.25) is 11.8 Å². The van der Waals surface area contributed by atoms with Crippen LogP contribution in [0.4, 0.5) is 15.8 Å². The molecule has 0 aliphatic carbocycles.